The van der Waals surface area contributed by atoms with Crippen molar-refractivity contribution in [3.63, 3.8) is 0 Å². The highest BCUT2D eigenvalue weighted by Crippen LogP contribution is 2.57. The van der Waals surface area contributed by atoms with E-state index in [-0.39, 0.29) is 47.6 Å². The van der Waals surface area contributed by atoms with E-state index in [0.717, 1.165) is 96.5 Å². The van der Waals surface area contributed by atoms with Gasteiger partial charge in [0.25, 0.3) is 0 Å². The van der Waals surface area contributed by atoms with Gasteiger partial charge < -0.3 is 29.7 Å². The zero-order valence-corrected chi connectivity index (χ0v) is 35.0. The van der Waals surface area contributed by atoms with Gasteiger partial charge >= 0.3 is 12.2 Å². The molecule has 13 heteroatoms. The Bertz CT molecular complexity index is 2190. The molecule has 3 aliphatic carbocycles. The first-order chi connectivity index (χ1) is 28.5. The van der Waals surface area contributed by atoms with Crippen LogP contribution in [0.5, 0.6) is 0 Å². The molecule has 2 unspecified atom stereocenters. The summed E-state index contributed by atoms with van der Waals surface area (Å²) in [4.78, 5) is 66.2. The van der Waals surface area contributed by atoms with Crippen molar-refractivity contribution in [2.24, 2.45) is 23.7 Å². The molecular formula is C46H57N7O6. The van der Waals surface area contributed by atoms with Gasteiger partial charge in [-0.3, -0.25) is 9.59 Å². The number of methoxy groups -OCH3 is 2. The second kappa shape index (κ2) is 16.6. The average Bonchev–Trinajstić information content (AvgIpc) is 4.11. The molecule has 0 spiro atoms. The molecule has 2 aromatic carbocycles. The van der Waals surface area contributed by atoms with E-state index in [4.69, 9.17) is 14.5 Å². The van der Waals surface area contributed by atoms with E-state index < -0.39 is 18.2 Å². The number of hydrogen-bond donors (Lipinski definition) is 4. The highest BCUT2D eigenvalue weighted by atomic mass is 16.5. The number of H-pyrrole nitrogens is 2. The van der Waals surface area contributed by atoms with Gasteiger partial charge in [-0.2, -0.15) is 0 Å². The number of carbonyl (C=O) groups is 4. The Morgan fingerprint density at radius 3 is 2.10 bits per heavy atom. The van der Waals surface area contributed by atoms with Gasteiger partial charge in [0.05, 0.1) is 38.1 Å². The molecule has 13 nitrogen and oxygen atoms in total. The average molecular weight is 804 g/mol. The van der Waals surface area contributed by atoms with Crippen LogP contribution in [-0.2, 0) is 31.9 Å². The van der Waals surface area contributed by atoms with Crippen molar-refractivity contribution in [3.8, 4) is 33.6 Å². The van der Waals surface area contributed by atoms with Crippen molar-refractivity contribution < 1.29 is 28.7 Å². The molecule has 4 aromatic rings. The number of ether oxygens (including phenoxy) is 2. The minimum atomic E-state index is -0.653. The van der Waals surface area contributed by atoms with Crippen LogP contribution in [-0.4, -0.2) is 81.7 Å². The Hall–Kier alpha value is -5.59. The normalized spacial score (nSPS) is 22.4. The Morgan fingerprint density at radius 1 is 0.797 bits per heavy atom. The maximum absolute atomic E-state index is 14.0. The first-order valence-electron chi connectivity index (χ1n) is 21.3. The molecule has 4 aliphatic rings. The summed E-state index contributed by atoms with van der Waals surface area (Å²) >= 11 is 0. The van der Waals surface area contributed by atoms with Crippen LogP contribution in [0.2, 0.25) is 0 Å². The third kappa shape index (κ3) is 7.60. The van der Waals surface area contributed by atoms with Gasteiger partial charge in [0.15, 0.2) is 0 Å². The van der Waals surface area contributed by atoms with Crippen molar-refractivity contribution in [1.29, 1.82) is 0 Å². The molecule has 1 saturated heterocycles. The number of hydrazine groups is 1. The number of nitrogens with one attached hydrogen (secondary N) is 4. The van der Waals surface area contributed by atoms with Gasteiger partial charge in [-0.25, -0.2) is 25.0 Å². The van der Waals surface area contributed by atoms with E-state index in [1.165, 1.54) is 30.4 Å². The Balaban J connectivity index is 0.978. The number of aromatic nitrogens is 3. The van der Waals surface area contributed by atoms with Gasteiger partial charge in [0.2, 0.25) is 11.8 Å². The fourth-order valence-electron chi connectivity index (χ4n) is 10.4. The molecule has 8 rings (SSSR count). The molecule has 6 atom stereocenters. The highest BCUT2D eigenvalue weighted by Gasteiger charge is 2.54. The summed E-state index contributed by atoms with van der Waals surface area (Å²) in [5.41, 5.74) is 12.8. The van der Waals surface area contributed by atoms with Gasteiger partial charge in [0.1, 0.15) is 11.9 Å². The maximum atomic E-state index is 14.0. The molecule has 3 fully saturated rings. The molecule has 59 heavy (non-hydrogen) atoms. The molecule has 4 amide bonds. The predicted molar refractivity (Wildman–Crippen MR) is 224 cm³/mol. The third-order valence-electron chi connectivity index (χ3n) is 13.3. The monoisotopic (exact) mass is 803 g/mol. The molecule has 2 bridgehead atoms. The van der Waals surface area contributed by atoms with Crippen molar-refractivity contribution in [2.75, 3.05) is 20.8 Å². The van der Waals surface area contributed by atoms with Crippen molar-refractivity contribution in [3.05, 3.63) is 77.4 Å². The molecule has 312 valence electrons. The smallest absolute Gasteiger partial charge is 0.425 e. The molecular weight excluding hydrogens is 747 g/mol. The van der Waals surface area contributed by atoms with E-state index in [0.29, 0.717) is 12.5 Å². The number of rotatable bonds is 10. The fraction of sp³-hybridized carbons (Fsp3) is 0.500. The van der Waals surface area contributed by atoms with Crippen LogP contribution in [0.1, 0.15) is 101 Å². The molecule has 2 saturated carbocycles. The zero-order chi connectivity index (χ0) is 41.5. The summed E-state index contributed by atoms with van der Waals surface area (Å²) in [5, 5.41) is 4.19. The summed E-state index contributed by atoms with van der Waals surface area (Å²) in [5.74, 6) is 0.908. The van der Waals surface area contributed by atoms with Crippen LogP contribution in [0, 0.1) is 23.7 Å². The number of benzene rings is 2. The van der Waals surface area contributed by atoms with Crippen LogP contribution in [0.25, 0.3) is 33.6 Å². The molecule has 0 radical (unpaired) electrons. The summed E-state index contributed by atoms with van der Waals surface area (Å²) in [7, 11) is 2.62. The quantitative estimate of drug-likeness (QED) is 0.119. The molecule has 1 aliphatic heterocycles. The van der Waals surface area contributed by atoms with E-state index in [2.05, 4.69) is 69.2 Å². The predicted octanol–water partition coefficient (Wildman–Crippen LogP) is 7.91. The molecule has 3 heterocycles. The maximum Gasteiger partial charge on any atom is 0.425 e. The number of hydrogen-bond acceptors (Lipinski definition) is 7. The lowest BCUT2D eigenvalue weighted by Gasteiger charge is -2.35. The minimum absolute atomic E-state index is 0.0439. The SMILES string of the molecule is COC(=O)N[C@H](C(=O)N1CCC[C@H]1c1[nH]c(-c2ccc(-c3ccc(-c4cnc([C@H]5C6CCC(C6)[C@@H]5C(=O)N(NC(=O)OC)C(C)C)[nH]4)cc3)cc2)c2c1CCC2)C(C)C. The Kier molecular flexibility index (Phi) is 11.3. The lowest BCUT2D eigenvalue weighted by Crippen LogP contribution is -2.53. The number of fused-ring (bicyclic) bond motifs is 3. The van der Waals surface area contributed by atoms with Gasteiger partial charge in [-0.1, -0.05) is 62.4 Å². The van der Waals surface area contributed by atoms with Crippen LogP contribution >= 0.6 is 0 Å². The zero-order valence-electron chi connectivity index (χ0n) is 35.0. The third-order valence-corrected chi connectivity index (χ3v) is 13.3. The standard InChI is InChI=1S/C46H57N7O6/c1-25(2)39(50-45(56)58-5)44(55)52-22-8-11-36(52)41-34-10-7-9-33(34)40(49-41)30-18-14-28(15-19-30)27-12-16-29(17-13-27)35-24-47-42(48-35)37-31-20-21-32(23-31)38(37)43(54)53(26(3)4)51-46(57)59-6/h12-19,24-26,31-32,36-39,49H,7-11,20-23H2,1-6H3,(H,47,48)(H,50,56)(H,51,57)/t31?,32?,36-,37-,38-,39-/m0/s1. The van der Waals surface area contributed by atoms with Crippen LogP contribution in [0.15, 0.2) is 54.7 Å². The van der Waals surface area contributed by atoms with Crippen LogP contribution in [0.4, 0.5) is 9.59 Å². The largest absolute Gasteiger partial charge is 0.453 e. The number of nitrogens with zero attached hydrogens (tertiary/aromatic N) is 3. The first kappa shape index (κ1) is 40.2. The van der Waals surface area contributed by atoms with Gasteiger partial charge in [-0.05, 0) is 116 Å². The lowest BCUT2D eigenvalue weighted by atomic mass is 9.78. The van der Waals surface area contributed by atoms with E-state index in [1.54, 1.807) is 0 Å². The van der Waals surface area contributed by atoms with Crippen LogP contribution < -0.4 is 10.7 Å². The second-order valence-electron chi connectivity index (χ2n) is 17.4. The number of amides is 4. The fourth-order valence-corrected chi connectivity index (χ4v) is 10.4. The van der Waals surface area contributed by atoms with E-state index >= 15 is 0 Å². The minimum Gasteiger partial charge on any atom is -0.453 e. The first-order valence-corrected chi connectivity index (χ1v) is 21.3. The number of alkyl carbamates (subject to hydrolysis) is 1. The van der Waals surface area contributed by atoms with Crippen molar-refractivity contribution in [2.45, 2.75) is 103 Å². The summed E-state index contributed by atoms with van der Waals surface area (Å²) in [6.07, 6.45) is 8.55. The van der Waals surface area contributed by atoms with Gasteiger partial charge in [0, 0.05) is 29.9 Å². The van der Waals surface area contributed by atoms with Crippen molar-refractivity contribution >= 4 is 24.0 Å². The number of carbonyl (C=O) groups excluding carboxylic acids is 4. The Labute approximate surface area is 346 Å². The second-order valence-corrected chi connectivity index (χ2v) is 17.4. The Morgan fingerprint density at radius 2 is 1.44 bits per heavy atom. The van der Waals surface area contributed by atoms with E-state index in [1.807, 2.05) is 38.8 Å². The van der Waals surface area contributed by atoms with E-state index in [9.17, 15) is 19.2 Å². The highest BCUT2D eigenvalue weighted by molar-refractivity contribution is 5.87. The van der Waals surface area contributed by atoms with Gasteiger partial charge in [-0.15, -0.1) is 0 Å². The number of likely N-dealkylation sites (tertiary alicyclic amines) is 1. The molecule has 4 N–H and O–H groups in total. The lowest BCUT2D eigenvalue weighted by molar-refractivity contribution is -0.143. The molecule has 2 aromatic heterocycles. The van der Waals surface area contributed by atoms with Crippen LogP contribution in [0.3, 0.4) is 0 Å². The summed E-state index contributed by atoms with van der Waals surface area (Å²) < 4.78 is 9.64. The topological polar surface area (TPSA) is 162 Å². The number of aromatic amines is 2. The van der Waals surface area contributed by atoms with Crippen molar-refractivity contribution in [1.82, 2.24) is 35.6 Å². The number of imidazole rings is 1. The summed E-state index contributed by atoms with van der Waals surface area (Å²) in [6, 6.07) is 16.2. The summed E-state index contributed by atoms with van der Waals surface area (Å²) in [6.45, 7) is 8.31.